The van der Waals surface area contributed by atoms with Gasteiger partial charge >= 0.3 is 0 Å². The van der Waals surface area contributed by atoms with E-state index >= 15 is 0 Å². The number of benzene rings is 2. The molecule has 0 heterocycles. The smallest absolute Gasteiger partial charge is 0.149 e. The first kappa shape index (κ1) is 16.5. The Bertz CT molecular complexity index is 694. The van der Waals surface area contributed by atoms with E-state index < -0.39 is 23.5 Å². The van der Waals surface area contributed by atoms with E-state index in [0.29, 0.717) is 5.56 Å². The summed E-state index contributed by atoms with van der Waals surface area (Å²) in [5.41, 5.74) is 0.352. The number of halogens is 6. The Labute approximate surface area is 138 Å². The summed E-state index contributed by atoms with van der Waals surface area (Å²) in [6.45, 7) is 1.64. The number of rotatable bonds is 3. The van der Waals surface area contributed by atoms with Gasteiger partial charge in [0.15, 0.2) is 0 Å². The highest BCUT2D eigenvalue weighted by molar-refractivity contribution is 9.10. The molecular formula is C14H9BrCl2F3N. The van der Waals surface area contributed by atoms with Crippen molar-refractivity contribution in [2.24, 2.45) is 0 Å². The molecule has 0 aliphatic carbocycles. The third-order valence-corrected chi connectivity index (χ3v) is 4.22. The highest BCUT2D eigenvalue weighted by Crippen LogP contribution is 2.35. The normalized spacial score (nSPS) is 12.3. The highest BCUT2D eigenvalue weighted by Gasteiger charge is 2.18. The van der Waals surface area contributed by atoms with Gasteiger partial charge in [-0.25, -0.2) is 13.2 Å². The minimum absolute atomic E-state index is 0.0483. The zero-order chi connectivity index (χ0) is 15.7. The minimum atomic E-state index is -0.772. The van der Waals surface area contributed by atoms with Crippen molar-refractivity contribution in [3.05, 3.63) is 61.8 Å². The number of nitrogens with one attached hydrogen (secondary N) is 1. The molecule has 0 amide bonds. The van der Waals surface area contributed by atoms with Crippen LogP contribution in [0.25, 0.3) is 0 Å². The molecule has 2 aromatic rings. The van der Waals surface area contributed by atoms with Crippen molar-refractivity contribution in [3.63, 3.8) is 0 Å². The van der Waals surface area contributed by atoms with Gasteiger partial charge in [-0.1, -0.05) is 23.2 Å². The minimum Gasteiger partial charge on any atom is -0.376 e. The number of hydrogen-bond acceptors (Lipinski definition) is 1. The molecule has 0 bridgehead atoms. The topological polar surface area (TPSA) is 12.0 Å². The van der Waals surface area contributed by atoms with Crippen molar-refractivity contribution in [1.82, 2.24) is 0 Å². The number of hydrogen-bond donors (Lipinski definition) is 1. The number of anilines is 1. The van der Waals surface area contributed by atoms with Crippen molar-refractivity contribution in [2.75, 3.05) is 5.32 Å². The lowest BCUT2D eigenvalue weighted by Gasteiger charge is -2.19. The van der Waals surface area contributed by atoms with E-state index in [1.165, 1.54) is 12.1 Å². The van der Waals surface area contributed by atoms with Crippen LogP contribution in [-0.2, 0) is 0 Å². The monoisotopic (exact) mass is 397 g/mol. The molecule has 0 aliphatic heterocycles. The largest absolute Gasteiger partial charge is 0.376 e. The van der Waals surface area contributed by atoms with Crippen LogP contribution < -0.4 is 5.32 Å². The van der Waals surface area contributed by atoms with Crippen LogP contribution in [-0.4, -0.2) is 0 Å². The van der Waals surface area contributed by atoms with Crippen LogP contribution >= 0.6 is 39.1 Å². The third kappa shape index (κ3) is 3.47. The first-order valence-electron chi connectivity index (χ1n) is 5.85. The molecule has 1 unspecified atom stereocenters. The Morgan fingerprint density at radius 1 is 1.05 bits per heavy atom. The Hall–Kier alpha value is -0.910. The van der Waals surface area contributed by atoms with Crippen molar-refractivity contribution >= 4 is 44.8 Å². The van der Waals surface area contributed by atoms with Crippen LogP contribution in [0.2, 0.25) is 10.0 Å². The van der Waals surface area contributed by atoms with Gasteiger partial charge in [0, 0.05) is 16.7 Å². The summed E-state index contributed by atoms with van der Waals surface area (Å²) >= 11 is 14.9. The molecule has 2 aromatic carbocycles. The second-order valence-corrected chi connectivity index (χ2v) is 6.01. The summed E-state index contributed by atoms with van der Waals surface area (Å²) in [5, 5.41) is 2.91. The molecule has 1 atom stereocenters. The first-order chi connectivity index (χ1) is 9.81. The second kappa shape index (κ2) is 6.46. The predicted molar refractivity (Wildman–Crippen MR) is 82.5 cm³/mol. The van der Waals surface area contributed by atoms with Gasteiger partial charge in [-0.2, -0.15) is 0 Å². The van der Waals surface area contributed by atoms with Crippen molar-refractivity contribution < 1.29 is 13.2 Å². The molecule has 21 heavy (non-hydrogen) atoms. The molecule has 0 saturated carbocycles. The Morgan fingerprint density at radius 2 is 1.71 bits per heavy atom. The Kier molecular flexibility index (Phi) is 5.07. The van der Waals surface area contributed by atoms with Gasteiger partial charge in [-0.3, -0.25) is 0 Å². The van der Waals surface area contributed by atoms with E-state index in [2.05, 4.69) is 21.2 Å². The lowest BCUT2D eigenvalue weighted by Crippen LogP contribution is -2.10. The van der Waals surface area contributed by atoms with E-state index in [0.717, 1.165) is 12.1 Å². The summed E-state index contributed by atoms with van der Waals surface area (Å²) in [6, 6.07) is 3.94. The second-order valence-electron chi connectivity index (χ2n) is 4.37. The highest BCUT2D eigenvalue weighted by atomic mass is 79.9. The fourth-order valence-electron chi connectivity index (χ4n) is 1.88. The van der Waals surface area contributed by atoms with Gasteiger partial charge in [0.1, 0.15) is 17.5 Å². The van der Waals surface area contributed by atoms with Crippen LogP contribution in [0.1, 0.15) is 18.5 Å². The average Bonchev–Trinajstić information content (AvgIpc) is 2.41. The van der Waals surface area contributed by atoms with Crippen LogP contribution in [0.3, 0.4) is 0 Å². The van der Waals surface area contributed by atoms with Gasteiger partial charge in [0.05, 0.1) is 21.2 Å². The van der Waals surface area contributed by atoms with Gasteiger partial charge in [0.25, 0.3) is 0 Å². The molecule has 0 spiro atoms. The molecule has 1 nitrogen and oxygen atoms in total. The van der Waals surface area contributed by atoms with Crippen LogP contribution in [0, 0.1) is 17.5 Å². The molecule has 0 radical (unpaired) electrons. The van der Waals surface area contributed by atoms with Gasteiger partial charge < -0.3 is 5.32 Å². The molecule has 1 N–H and O–H groups in total. The molecule has 7 heteroatoms. The third-order valence-electron chi connectivity index (χ3n) is 2.89. The zero-order valence-corrected chi connectivity index (χ0v) is 13.8. The zero-order valence-electron chi connectivity index (χ0n) is 10.7. The summed E-state index contributed by atoms with van der Waals surface area (Å²) in [5.74, 6) is -2.11. The molecule has 0 fully saturated rings. The fourth-order valence-corrected chi connectivity index (χ4v) is 2.92. The van der Waals surface area contributed by atoms with Gasteiger partial charge in [0.2, 0.25) is 0 Å². The molecule has 0 aromatic heterocycles. The quantitative estimate of drug-likeness (QED) is 0.594. The summed E-state index contributed by atoms with van der Waals surface area (Å²) < 4.78 is 40.5. The lowest BCUT2D eigenvalue weighted by atomic mass is 10.1. The summed E-state index contributed by atoms with van der Waals surface area (Å²) in [4.78, 5) is 0. The summed E-state index contributed by atoms with van der Waals surface area (Å²) in [7, 11) is 0. The van der Waals surface area contributed by atoms with Crippen molar-refractivity contribution in [2.45, 2.75) is 13.0 Å². The van der Waals surface area contributed by atoms with Crippen LogP contribution in [0.5, 0.6) is 0 Å². The van der Waals surface area contributed by atoms with E-state index in [1.807, 2.05) is 0 Å². The van der Waals surface area contributed by atoms with Gasteiger partial charge in [-0.15, -0.1) is 0 Å². The maximum Gasteiger partial charge on any atom is 0.149 e. The predicted octanol–water partition coefficient (Wildman–Crippen LogP) is 6.35. The molecule has 0 aliphatic rings. The lowest BCUT2D eigenvalue weighted by molar-refractivity contribution is 0.579. The Balaban J connectivity index is 2.37. The maximum atomic E-state index is 13.7. The summed E-state index contributed by atoms with van der Waals surface area (Å²) in [6.07, 6.45) is 0. The van der Waals surface area contributed by atoms with E-state index in [1.54, 1.807) is 6.92 Å². The first-order valence-corrected chi connectivity index (χ1v) is 7.40. The Morgan fingerprint density at radius 3 is 2.38 bits per heavy atom. The van der Waals surface area contributed by atoms with Crippen LogP contribution in [0.15, 0.2) is 28.7 Å². The standard InChI is InChI=1S/C14H9BrCl2F3N/c1-6(13-8(16)2-3-9(18)14(13)17)21-12-4-7(15)10(19)5-11(12)20/h2-6,21H,1H3. The fraction of sp³-hybridized carbons (Fsp3) is 0.143. The van der Waals surface area contributed by atoms with E-state index in [-0.39, 0.29) is 20.2 Å². The molecule has 2 rings (SSSR count). The van der Waals surface area contributed by atoms with E-state index in [4.69, 9.17) is 23.2 Å². The van der Waals surface area contributed by atoms with Crippen molar-refractivity contribution in [3.8, 4) is 0 Å². The van der Waals surface area contributed by atoms with Gasteiger partial charge in [-0.05, 0) is 41.1 Å². The molecular weight excluding hydrogens is 390 g/mol. The maximum absolute atomic E-state index is 13.7. The van der Waals surface area contributed by atoms with E-state index in [9.17, 15) is 13.2 Å². The SMILES string of the molecule is CC(Nc1cc(Br)c(F)cc1F)c1c(Cl)ccc(F)c1Cl. The molecule has 0 saturated heterocycles. The van der Waals surface area contributed by atoms with Crippen molar-refractivity contribution in [1.29, 1.82) is 0 Å². The molecule has 112 valence electrons. The van der Waals surface area contributed by atoms with Crippen LogP contribution in [0.4, 0.5) is 18.9 Å². The average molecular weight is 399 g/mol.